The molecule has 9 heteroatoms. The van der Waals surface area contributed by atoms with E-state index < -0.39 is 0 Å². The monoisotopic (exact) mass is 463 g/mol. The van der Waals surface area contributed by atoms with Gasteiger partial charge in [0, 0.05) is 26.2 Å². The highest BCUT2D eigenvalue weighted by Crippen LogP contribution is 2.33. The number of hydrogen-bond acceptors (Lipinski definition) is 6. The number of fused-ring (bicyclic) bond motifs is 1. The van der Waals surface area contributed by atoms with Crippen LogP contribution in [0.2, 0.25) is 5.02 Å². The summed E-state index contributed by atoms with van der Waals surface area (Å²) in [5.74, 6) is -0.119. The first kappa shape index (κ1) is 22.0. The number of anilines is 1. The Morgan fingerprint density at radius 2 is 2.00 bits per heavy atom. The average Bonchev–Trinajstić information content (AvgIpc) is 3.22. The summed E-state index contributed by atoms with van der Waals surface area (Å²) in [5.41, 5.74) is 0.689. The minimum Gasteiger partial charge on any atom is -0.484 e. The highest BCUT2D eigenvalue weighted by Gasteiger charge is 2.21. The highest BCUT2D eigenvalue weighted by molar-refractivity contribution is 7.22. The number of hydrogen-bond donors (Lipinski definition) is 0. The van der Waals surface area contributed by atoms with Crippen LogP contribution in [0.1, 0.15) is 6.42 Å². The molecular formula is C22H23ClFN3O3S. The number of ether oxygens (including phenoxy) is 2. The van der Waals surface area contributed by atoms with Crippen LogP contribution in [0.3, 0.4) is 0 Å². The third-order valence-corrected chi connectivity index (χ3v) is 6.37. The zero-order chi connectivity index (χ0) is 21.6. The minimum atomic E-state index is -0.352. The molecule has 0 atom stereocenters. The van der Waals surface area contributed by atoms with Crippen molar-refractivity contribution in [2.24, 2.45) is 0 Å². The predicted molar refractivity (Wildman–Crippen MR) is 121 cm³/mol. The Morgan fingerprint density at radius 3 is 2.74 bits per heavy atom. The van der Waals surface area contributed by atoms with Crippen molar-refractivity contribution >= 4 is 44.2 Å². The summed E-state index contributed by atoms with van der Waals surface area (Å²) in [6.45, 7) is 4.51. The van der Waals surface area contributed by atoms with Crippen molar-refractivity contribution in [3.05, 3.63) is 53.3 Å². The molecule has 2 aromatic carbocycles. The smallest absolute Gasteiger partial charge is 0.266 e. The first-order valence-corrected chi connectivity index (χ1v) is 11.3. The van der Waals surface area contributed by atoms with E-state index in [1.165, 1.54) is 35.6 Å². The number of para-hydroxylation sites is 1. The van der Waals surface area contributed by atoms with Gasteiger partial charge in [0.2, 0.25) is 0 Å². The quantitative estimate of drug-likeness (QED) is 0.500. The van der Waals surface area contributed by atoms with E-state index >= 15 is 0 Å². The van der Waals surface area contributed by atoms with Crippen LogP contribution in [-0.4, -0.2) is 61.8 Å². The normalized spacial score (nSPS) is 14.6. The van der Waals surface area contributed by atoms with Crippen LogP contribution in [0.4, 0.5) is 9.52 Å². The molecule has 6 nitrogen and oxygen atoms in total. The molecule has 2 heterocycles. The Balaban J connectivity index is 1.47. The summed E-state index contributed by atoms with van der Waals surface area (Å²) >= 11 is 7.71. The van der Waals surface area contributed by atoms with Crippen LogP contribution in [-0.2, 0) is 9.53 Å². The van der Waals surface area contributed by atoms with Crippen molar-refractivity contribution in [3.8, 4) is 5.75 Å². The van der Waals surface area contributed by atoms with Crippen LogP contribution in [0.25, 0.3) is 10.2 Å². The average molecular weight is 464 g/mol. The Hall–Kier alpha value is -2.26. The zero-order valence-electron chi connectivity index (χ0n) is 16.9. The lowest BCUT2D eigenvalue weighted by molar-refractivity contribution is -0.120. The standard InChI is InChI=1S/C22H23ClFN3O3S/c23-18-3-1-4-19-21(18)25-22(31-19)27(10-2-9-26-11-13-29-14-12-26)20(28)15-30-17-7-5-16(24)6-8-17/h1,3-8H,2,9-15H2. The molecule has 1 aromatic heterocycles. The number of nitrogens with zero attached hydrogens (tertiary/aromatic N) is 3. The molecule has 31 heavy (non-hydrogen) atoms. The van der Waals surface area contributed by atoms with Gasteiger partial charge in [-0.2, -0.15) is 0 Å². The third kappa shape index (κ3) is 5.71. The molecule has 0 radical (unpaired) electrons. The number of carbonyl (C=O) groups excluding carboxylic acids is 1. The van der Waals surface area contributed by atoms with Crippen molar-refractivity contribution in [3.63, 3.8) is 0 Å². The number of rotatable bonds is 8. The molecule has 0 saturated carbocycles. The topological polar surface area (TPSA) is 54.9 Å². The molecule has 1 aliphatic heterocycles. The molecule has 1 amide bonds. The summed E-state index contributed by atoms with van der Waals surface area (Å²) in [6.07, 6.45) is 0.798. The Bertz CT molecular complexity index is 1020. The second kappa shape index (κ2) is 10.4. The van der Waals surface area contributed by atoms with E-state index in [0.717, 1.165) is 44.0 Å². The molecule has 1 fully saturated rings. The van der Waals surface area contributed by atoms with Gasteiger partial charge in [-0.15, -0.1) is 0 Å². The van der Waals surface area contributed by atoms with E-state index in [9.17, 15) is 9.18 Å². The van der Waals surface area contributed by atoms with E-state index in [0.29, 0.717) is 28.0 Å². The molecule has 0 unspecified atom stereocenters. The summed E-state index contributed by atoms with van der Waals surface area (Å²) in [4.78, 5) is 21.7. The maximum Gasteiger partial charge on any atom is 0.266 e. The Kier molecular flexibility index (Phi) is 7.34. The van der Waals surface area contributed by atoms with Crippen LogP contribution >= 0.6 is 22.9 Å². The fourth-order valence-electron chi connectivity index (χ4n) is 3.38. The van der Waals surface area contributed by atoms with Gasteiger partial charge in [-0.25, -0.2) is 9.37 Å². The molecule has 0 aliphatic carbocycles. The number of morpholine rings is 1. The molecule has 1 saturated heterocycles. The molecule has 4 rings (SSSR count). The lowest BCUT2D eigenvalue weighted by atomic mass is 10.3. The van der Waals surface area contributed by atoms with Crippen molar-refractivity contribution in [1.82, 2.24) is 9.88 Å². The Labute approximate surface area is 189 Å². The second-order valence-corrected chi connectivity index (χ2v) is 8.59. The van der Waals surface area contributed by atoms with Crippen molar-refractivity contribution < 1.29 is 18.7 Å². The number of aromatic nitrogens is 1. The SMILES string of the molecule is O=C(COc1ccc(F)cc1)N(CCCN1CCOCC1)c1nc2c(Cl)cccc2s1. The largest absolute Gasteiger partial charge is 0.484 e. The summed E-state index contributed by atoms with van der Waals surface area (Å²) in [6, 6.07) is 11.2. The van der Waals surface area contributed by atoms with E-state index in [1.807, 2.05) is 12.1 Å². The summed E-state index contributed by atoms with van der Waals surface area (Å²) < 4.78 is 25.0. The van der Waals surface area contributed by atoms with Crippen molar-refractivity contribution in [2.75, 3.05) is 50.9 Å². The van der Waals surface area contributed by atoms with Gasteiger partial charge < -0.3 is 9.47 Å². The molecular weight excluding hydrogens is 441 g/mol. The highest BCUT2D eigenvalue weighted by atomic mass is 35.5. The van der Waals surface area contributed by atoms with Crippen LogP contribution in [0.5, 0.6) is 5.75 Å². The van der Waals surface area contributed by atoms with Gasteiger partial charge in [0.25, 0.3) is 5.91 Å². The molecule has 0 spiro atoms. The lowest BCUT2D eigenvalue weighted by Crippen LogP contribution is -2.40. The van der Waals surface area contributed by atoms with Gasteiger partial charge in [0.05, 0.1) is 22.9 Å². The lowest BCUT2D eigenvalue weighted by Gasteiger charge is -2.27. The zero-order valence-corrected chi connectivity index (χ0v) is 18.5. The number of carbonyl (C=O) groups is 1. The van der Waals surface area contributed by atoms with E-state index in [4.69, 9.17) is 21.1 Å². The summed E-state index contributed by atoms with van der Waals surface area (Å²) in [7, 11) is 0. The van der Waals surface area contributed by atoms with Crippen molar-refractivity contribution in [2.45, 2.75) is 6.42 Å². The summed E-state index contributed by atoms with van der Waals surface area (Å²) in [5, 5.41) is 1.15. The van der Waals surface area contributed by atoms with Gasteiger partial charge in [-0.1, -0.05) is 29.0 Å². The van der Waals surface area contributed by atoms with Gasteiger partial charge in [0.15, 0.2) is 11.7 Å². The van der Waals surface area contributed by atoms with Crippen molar-refractivity contribution in [1.29, 1.82) is 0 Å². The van der Waals surface area contributed by atoms with Gasteiger partial charge in [0.1, 0.15) is 17.1 Å². The predicted octanol–water partition coefficient (Wildman–Crippen LogP) is 4.22. The van der Waals surface area contributed by atoms with Crippen LogP contribution in [0, 0.1) is 5.82 Å². The van der Waals surface area contributed by atoms with E-state index in [1.54, 1.807) is 11.0 Å². The van der Waals surface area contributed by atoms with Gasteiger partial charge >= 0.3 is 0 Å². The second-order valence-electron chi connectivity index (χ2n) is 7.18. The molecule has 164 valence electrons. The van der Waals surface area contributed by atoms with Gasteiger partial charge in [-0.3, -0.25) is 14.6 Å². The first-order valence-electron chi connectivity index (χ1n) is 10.1. The number of benzene rings is 2. The number of amides is 1. The number of halogens is 2. The molecule has 3 aromatic rings. The maximum atomic E-state index is 13.1. The molecule has 1 aliphatic rings. The molecule has 0 bridgehead atoms. The van der Waals surface area contributed by atoms with Gasteiger partial charge in [-0.05, 0) is 42.8 Å². The fraction of sp³-hybridized carbons (Fsp3) is 0.364. The minimum absolute atomic E-state index is 0.160. The first-order chi connectivity index (χ1) is 15.1. The van der Waals surface area contributed by atoms with Crippen LogP contribution in [0.15, 0.2) is 42.5 Å². The fourth-order valence-corrected chi connectivity index (χ4v) is 4.69. The maximum absolute atomic E-state index is 13.1. The van der Waals surface area contributed by atoms with Crippen LogP contribution < -0.4 is 9.64 Å². The molecule has 0 N–H and O–H groups in total. The van der Waals surface area contributed by atoms with E-state index in [-0.39, 0.29) is 18.3 Å². The number of thiazole rings is 1. The third-order valence-electron chi connectivity index (χ3n) is 5.03. The Morgan fingerprint density at radius 1 is 1.23 bits per heavy atom. The van der Waals surface area contributed by atoms with E-state index in [2.05, 4.69) is 9.88 Å².